The van der Waals surface area contributed by atoms with Crippen LogP contribution in [0, 0.1) is 0 Å². The Morgan fingerprint density at radius 1 is 1.38 bits per heavy atom. The maximum atomic E-state index is 11.3. The highest BCUT2D eigenvalue weighted by Crippen LogP contribution is 2.30. The van der Waals surface area contributed by atoms with Crippen molar-refractivity contribution in [2.24, 2.45) is 5.14 Å². The third-order valence-electron chi connectivity index (χ3n) is 2.04. The third-order valence-corrected chi connectivity index (χ3v) is 4.10. The fraction of sp³-hybridized carbons (Fsp3) is 0. The van der Waals surface area contributed by atoms with Crippen LogP contribution in [0.2, 0.25) is 0 Å². The van der Waals surface area contributed by atoms with Gasteiger partial charge in [0.1, 0.15) is 4.88 Å². The second-order valence-corrected chi connectivity index (χ2v) is 5.74. The number of aromatic carboxylic acids is 1. The minimum atomic E-state index is -3.83. The lowest BCUT2D eigenvalue weighted by Crippen LogP contribution is -2.12. The molecule has 0 fully saturated rings. The Balaban J connectivity index is 2.83. The second kappa shape index (κ2) is 3.55. The molecule has 1 heterocycles. The molecule has 0 amide bonds. The van der Waals surface area contributed by atoms with Gasteiger partial charge in [0.15, 0.2) is 0 Å². The van der Waals surface area contributed by atoms with Gasteiger partial charge in [-0.05, 0) is 18.2 Å². The van der Waals surface area contributed by atoms with E-state index < -0.39 is 16.0 Å². The lowest BCUT2D eigenvalue weighted by molar-refractivity contribution is 0.0702. The number of primary sulfonamides is 1. The van der Waals surface area contributed by atoms with Crippen LogP contribution in [-0.4, -0.2) is 19.5 Å². The molecule has 2 aromatic rings. The minimum Gasteiger partial charge on any atom is -0.477 e. The van der Waals surface area contributed by atoms with Gasteiger partial charge in [-0.25, -0.2) is 18.4 Å². The van der Waals surface area contributed by atoms with Gasteiger partial charge < -0.3 is 5.11 Å². The van der Waals surface area contributed by atoms with Crippen LogP contribution in [0.25, 0.3) is 10.1 Å². The molecule has 16 heavy (non-hydrogen) atoms. The van der Waals surface area contributed by atoms with E-state index >= 15 is 0 Å². The monoisotopic (exact) mass is 257 g/mol. The Morgan fingerprint density at radius 3 is 2.62 bits per heavy atom. The first-order valence-corrected chi connectivity index (χ1v) is 6.54. The summed E-state index contributed by atoms with van der Waals surface area (Å²) in [5.74, 6) is -1.08. The number of carboxylic acids is 1. The molecule has 0 aliphatic rings. The molecule has 0 aliphatic heterocycles. The van der Waals surface area contributed by atoms with E-state index in [1.54, 1.807) is 6.07 Å². The maximum absolute atomic E-state index is 11.3. The highest BCUT2D eigenvalue weighted by molar-refractivity contribution is 7.89. The summed E-state index contributed by atoms with van der Waals surface area (Å²) in [7, 11) is -3.83. The van der Waals surface area contributed by atoms with Crippen LogP contribution in [0.5, 0.6) is 0 Å². The summed E-state index contributed by atoms with van der Waals surface area (Å²) >= 11 is 1.02. The molecule has 84 valence electrons. The lowest BCUT2D eigenvalue weighted by atomic mass is 10.2. The molecule has 0 atom stereocenters. The van der Waals surface area contributed by atoms with Crippen molar-refractivity contribution >= 4 is 37.4 Å². The number of nitrogens with two attached hydrogens (primary N) is 1. The van der Waals surface area contributed by atoms with E-state index in [0.29, 0.717) is 10.1 Å². The van der Waals surface area contributed by atoms with Crippen molar-refractivity contribution in [3.8, 4) is 0 Å². The van der Waals surface area contributed by atoms with Crippen LogP contribution in [-0.2, 0) is 10.0 Å². The summed E-state index contributed by atoms with van der Waals surface area (Å²) in [6, 6.07) is 5.86. The van der Waals surface area contributed by atoms with Gasteiger partial charge in [0.05, 0.1) is 4.90 Å². The molecule has 7 heteroatoms. The van der Waals surface area contributed by atoms with Gasteiger partial charge in [0, 0.05) is 10.1 Å². The SMILES string of the molecule is NS(=O)(=O)c1cccc2sc(C(=O)O)cc12. The van der Waals surface area contributed by atoms with E-state index in [2.05, 4.69) is 0 Å². The first-order valence-electron chi connectivity index (χ1n) is 4.18. The summed E-state index contributed by atoms with van der Waals surface area (Å²) in [6.45, 7) is 0. The van der Waals surface area contributed by atoms with Crippen LogP contribution in [0.1, 0.15) is 9.67 Å². The van der Waals surface area contributed by atoms with E-state index in [9.17, 15) is 13.2 Å². The van der Waals surface area contributed by atoms with Gasteiger partial charge in [0.25, 0.3) is 0 Å². The van der Waals surface area contributed by atoms with Crippen molar-refractivity contribution in [1.29, 1.82) is 0 Å². The number of thiophene rings is 1. The molecule has 1 aromatic heterocycles. The summed E-state index contributed by atoms with van der Waals surface area (Å²) < 4.78 is 23.1. The van der Waals surface area contributed by atoms with Crippen molar-refractivity contribution in [2.75, 3.05) is 0 Å². The van der Waals surface area contributed by atoms with Crippen LogP contribution < -0.4 is 5.14 Å². The normalized spacial score (nSPS) is 11.8. The Labute approximate surface area is 95.2 Å². The summed E-state index contributed by atoms with van der Waals surface area (Å²) in [5, 5.41) is 14.2. The molecule has 2 rings (SSSR count). The zero-order valence-electron chi connectivity index (χ0n) is 7.88. The number of carboxylic acid groups (broad SMARTS) is 1. The maximum Gasteiger partial charge on any atom is 0.345 e. The van der Waals surface area contributed by atoms with E-state index in [0.717, 1.165) is 11.3 Å². The highest BCUT2D eigenvalue weighted by Gasteiger charge is 2.16. The van der Waals surface area contributed by atoms with Gasteiger partial charge in [0.2, 0.25) is 10.0 Å². The van der Waals surface area contributed by atoms with E-state index in [1.165, 1.54) is 18.2 Å². The molecule has 0 aliphatic carbocycles. The number of hydrogen-bond donors (Lipinski definition) is 2. The highest BCUT2D eigenvalue weighted by atomic mass is 32.2. The average molecular weight is 257 g/mol. The van der Waals surface area contributed by atoms with Crippen molar-refractivity contribution in [3.63, 3.8) is 0 Å². The number of carbonyl (C=O) groups is 1. The standard InChI is InChI=1S/C9H7NO4S2/c10-16(13,14)8-3-1-2-6-5(8)4-7(15-6)9(11)12/h1-4H,(H,11,12)(H2,10,13,14). The predicted octanol–water partition coefficient (Wildman–Crippen LogP) is 1.25. The van der Waals surface area contributed by atoms with E-state index in [4.69, 9.17) is 10.2 Å². The molecule has 1 aromatic carbocycles. The third kappa shape index (κ3) is 1.80. The molecule has 0 saturated heterocycles. The predicted molar refractivity (Wildman–Crippen MR) is 60.2 cm³/mol. The van der Waals surface area contributed by atoms with E-state index in [-0.39, 0.29) is 9.77 Å². The number of sulfonamides is 1. The number of fused-ring (bicyclic) bond motifs is 1. The Kier molecular flexibility index (Phi) is 2.45. The number of benzene rings is 1. The molecular formula is C9H7NO4S2. The van der Waals surface area contributed by atoms with Crippen LogP contribution >= 0.6 is 11.3 Å². The fourth-order valence-corrected chi connectivity index (χ4v) is 3.12. The number of rotatable bonds is 2. The van der Waals surface area contributed by atoms with Crippen molar-refractivity contribution in [3.05, 3.63) is 29.1 Å². The lowest BCUT2D eigenvalue weighted by Gasteiger charge is -1.98. The van der Waals surface area contributed by atoms with Gasteiger partial charge in [-0.3, -0.25) is 0 Å². The zero-order valence-corrected chi connectivity index (χ0v) is 9.51. The molecule has 0 radical (unpaired) electrons. The van der Waals surface area contributed by atoms with E-state index in [1.807, 2.05) is 0 Å². The van der Waals surface area contributed by atoms with Gasteiger partial charge in [-0.2, -0.15) is 0 Å². The molecule has 0 spiro atoms. The summed E-state index contributed by atoms with van der Waals surface area (Å²) in [4.78, 5) is 10.8. The van der Waals surface area contributed by atoms with Gasteiger partial charge >= 0.3 is 5.97 Å². The molecule has 0 saturated carbocycles. The van der Waals surface area contributed by atoms with Crippen LogP contribution in [0.4, 0.5) is 0 Å². The molecule has 5 nitrogen and oxygen atoms in total. The molecule has 3 N–H and O–H groups in total. The Morgan fingerprint density at radius 2 is 2.06 bits per heavy atom. The van der Waals surface area contributed by atoms with Crippen LogP contribution in [0.3, 0.4) is 0 Å². The zero-order chi connectivity index (χ0) is 11.9. The largest absolute Gasteiger partial charge is 0.477 e. The van der Waals surface area contributed by atoms with Gasteiger partial charge in [-0.1, -0.05) is 6.07 Å². The molecule has 0 bridgehead atoms. The minimum absolute atomic E-state index is 0.0475. The molecule has 0 unspecified atom stereocenters. The van der Waals surface area contributed by atoms with Crippen molar-refractivity contribution < 1.29 is 18.3 Å². The molecular weight excluding hydrogens is 250 g/mol. The summed E-state index contributed by atoms with van der Waals surface area (Å²) in [5.41, 5.74) is 0. The van der Waals surface area contributed by atoms with Gasteiger partial charge in [-0.15, -0.1) is 11.3 Å². The Bertz CT molecular complexity index is 672. The first-order chi connectivity index (χ1) is 7.39. The Hall–Kier alpha value is -1.44. The topological polar surface area (TPSA) is 97.5 Å². The summed E-state index contributed by atoms with van der Waals surface area (Å²) in [6.07, 6.45) is 0. The first kappa shape index (κ1) is 11.1. The smallest absolute Gasteiger partial charge is 0.345 e. The number of hydrogen-bond acceptors (Lipinski definition) is 4. The quantitative estimate of drug-likeness (QED) is 0.845. The average Bonchev–Trinajstić information content (AvgIpc) is 2.58. The second-order valence-electron chi connectivity index (χ2n) is 3.13. The van der Waals surface area contributed by atoms with Crippen molar-refractivity contribution in [1.82, 2.24) is 0 Å². The fourth-order valence-electron chi connectivity index (χ4n) is 1.39. The van der Waals surface area contributed by atoms with Crippen molar-refractivity contribution in [2.45, 2.75) is 4.90 Å². The van der Waals surface area contributed by atoms with Crippen LogP contribution in [0.15, 0.2) is 29.2 Å².